The molecule has 0 aliphatic rings. The number of aromatic nitrogens is 2. The number of carbonyl (C=O) groups excluding carboxylic acids is 1. The van der Waals surface area contributed by atoms with Crippen LogP contribution in [0.25, 0.3) is 22.4 Å². The average Bonchev–Trinajstić information content (AvgIpc) is 3.42. The summed E-state index contributed by atoms with van der Waals surface area (Å²) in [6.45, 7) is 5.57. The first-order valence-corrected chi connectivity index (χ1v) is 11.5. The summed E-state index contributed by atoms with van der Waals surface area (Å²) in [5, 5.41) is 10.4. The molecule has 0 unspecified atom stereocenters. The van der Waals surface area contributed by atoms with Gasteiger partial charge in [-0.15, -0.1) is 5.10 Å². The third-order valence-corrected chi connectivity index (χ3v) is 6.90. The molecule has 9 nitrogen and oxygen atoms in total. The first kappa shape index (κ1) is 21.6. The average molecular weight is 455 g/mol. The highest BCUT2D eigenvalue weighted by Gasteiger charge is 2.20. The summed E-state index contributed by atoms with van der Waals surface area (Å²) in [6, 6.07) is 13.0. The molecule has 32 heavy (non-hydrogen) atoms. The third kappa shape index (κ3) is 4.09. The Hall–Kier alpha value is -3.66. The van der Waals surface area contributed by atoms with Gasteiger partial charge >= 0.3 is 6.01 Å². The van der Waals surface area contributed by atoms with Crippen LogP contribution in [0.2, 0.25) is 0 Å². The van der Waals surface area contributed by atoms with Gasteiger partial charge in [0.15, 0.2) is 26.9 Å². The van der Waals surface area contributed by atoms with Crippen molar-refractivity contribution in [2.24, 2.45) is 0 Å². The van der Waals surface area contributed by atoms with Crippen molar-refractivity contribution in [3.8, 4) is 17.2 Å². The van der Waals surface area contributed by atoms with Crippen molar-refractivity contribution in [2.45, 2.75) is 30.9 Å². The van der Waals surface area contributed by atoms with E-state index in [9.17, 15) is 13.2 Å². The summed E-state index contributed by atoms with van der Waals surface area (Å²) < 4.78 is 41.2. The van der Waals surface area contributed by atoms with E-state index < -0.39 is 21.0 Å². The first-order chi connectivity index (χ1) is 15.3. The van der Waals surface area contributed by atoms with Crippen molar-refractivity contribution in [1.29, 1.82) is 0 Å². The number of carbonyl (C=O) groups is 1. The van der Waals surface area contributed by atoms with Crippen molar-refractivity contribution < 1.29 is 26.8 Å². The van der Waals surface area contributed by atoms with Gasteiger partial charge in [0, 0.05) is 10.9 Å². The van der Waals surface area contributed by atoms with Crippen LogP contribution in [0.1, 0.15) is 31.3 Å². The number of hydrogen-bond donors (Lipinski definition) is 1. The molecule has 4 aromatic rings. The Morgan fingerprint density at radius 1 is 1.09 bits per heavy atom. The molecule has 0 saturated carbocycles. The van der Waals surface area contributed by atoms with Gasteiger partial charge in [0.05, 0.1) is 16.8 Å². The molecule has 1 N–H and O–H groups in total. The zero-order valence-electron chi connectivity index (χ0n) is 17.7. The fourth-order valence-electron chi connectivity index (χ4n) is 3.03. The molecule has 2 aromatic heterocycles. The van der Waals surface area contributed by atoms with Gasteiger partial charge in [-0.25, -0.2) is 8.42 Å². The zero-order valence-corrected chi connectivity index (χ0v) is 18.5. The van der Waals surface area contributed by atoms with Gasteiger partial charge < -0.3 is 13.6 Å². The molecule has 166 valence electrons. The topological polar surface area (TPSA) is 125 Å². The fourth-order valence-corrected chi connectivity index (χ4v) is 4.09. The van der Waals surface area contributed by atoms with Gasteiger partial charge in [-0.05, 0) is 57.2 Å². The molecule has 0 saturated heterocycles. The standard InChI is InChI=1S/C22H21N3O6S/c1-4-29-17-7-5-6-15-12-18(30-19(15)17)20(26)23-22-25-24-21(31-22)14-8-10-16(11-9-14)32(27,28)13(2)3/h5-13H,4H2,1-3H3,(H,23,25,26). The Labute approximate surface area is 184 Å². The zero-order chi connectivity index (χ0) is 22.9. The molecule has 2 heterocycles. The van der Waals surface area contributed by atoms with Crippen molar-refractivity contribution in [3.63, 3.8) is 0 Å². The molecule has 1 amide bonds. The lowest BCUT2D eigenvalue weighted by molar-refractivity contribution is 0.0995. The van der Waals surface area contributed by atoms with E-state index in [0.29, 0.717) is 23.5 Å². The maximum Gasteiger partial charge on any atom is 0.322 e. The van der Waals surface area contributed by atoms with Crippen molar-refractivity contribution in [2.75, 3.05) is 11.9 Å². The van der Waals surface area contributed by atoms with Crippen LogP contribution >= 0.6 is 0 Å². The second-order valence-corrected chi connectivity index (χ2v) is 9.71. The van der Waals surface area contributed by atoms with Gasteiger partial charge in [0.1, 0.15) is 0 Å². The van der Waals surface area contributed by atoms with E-state index in [1.165, 1.54) is 12.1 Å². The molecule has 0 radical (unpaired) electrons. The number of sulfone groups is 1. The molecule has 0 atom stereocenters. The molecule has 0 aliphatic heterocycles. The maximum atomic E-state index is 12.6. The van der Waals surface area contributed by atoms with Crippen molar-refractivity contribution in [3.05, 3.63) is 54.3 Å². The maximum absolute atomic E-state index is 12.6. The molecule has 0 bridgehead atoms. The highest BCUT2D eigenvalue weighted by Crippen LogP contribution is 2.29. The summed E-state index contributed by atoms with van der Waals surface area (Å²) in [5.41, 5.74) is 0.993. The van der Waals surface area contributed by atoms with Gasteiger partial charge in [0.25, 0.3) is 5.91 Å². The minimum Gasteiger partial charge on any atom is -0.490 e. The highest BCUT2D eigenvalue weighted by atomic mass is 32.2. The lowest BCUT2D eigenvalue weighted by atomic mass is 10.2. The molecule has 0 aliphatic carbocycles. The second-order valence-electron chi connectivity index (χ2n) is 7.20. The number of benzene rings is 2. The Morgan fingerprint density at radius 2 is 1.84 bits per heavy atom. The van der Waals surface area contributed by atoms with Gasteiger partial charge in [0.2, 0.25) is 5.89 Å². The molecule has 4 rings (SSSR count). The van der Waals surface area contributed by atoms with Gasteiger partial charge in [-0.2, -0.15) is 0 Å². The smallest absolute Gasteiger partial charge is 0.322 e. The quantitative estimate of drug-likeness (QED) is 0.437. The number of furan rings is 1. The minimum absolute atomic E-state index is 0.0650. The van der Waals surface area contributed by atoms with E-state index in [0.717, 1.165) is 5.39 Å². The van der Waals surface area contributed by atoms with Crippen LogP contribution < -0.4 is 10.1 Å². The number of fused-ring (bicyclic) bond motifs is 1. The van der Waals surface area contributed by atoms with Crippen LogP contribution in [0, 0.1) is 0 Å². The molecular weight excluding hydrogens is 434 g/mol. The number of ether oxygens (including phenoxy) is 1. The highest BCUT2D eigenvalue weighted by molar-refractivity contribution is 7.92. The van der Waals surface area contributed by atoms with E-state index in [2.05, 4.69) is 15.5 Å². The van der Waals surface area contributed by atoms with Crippen molar-refractivity contribution >= 4 is 32.7 Å². The number of para-hydroxylation sites is 1. The Kier molecular flexibility index (Phi) is 5.70. The van der Waals surface area contributed by atoms with Crippen LogP contribution in [0.4, 0.5) is 6.01 Å². The number of amides is 1. The minimum atomic E-state index is -3.38. The first-order valence-electron chi connectivity index (χ1n) is 9.94. The molecule has 0 fully saturated rings. The van der Waals surface area contributed by atoms with Crippen molar-refractivity contribution in [1.82, 2.24) is 10.2 Å². The molecular formula is C22H21N3O6S. The molecule has 2 aromatic carbocycles. The van der Waals surface area contributed by atoms with Crippen LogP contribution in [-0.2, 0) is 9.84 Å². The van der Waals surface area contributed by atoms with Gasteiger partial charge in [-0.1, -0.05) is 17.2 Å². The van der Waals surface area contributed by atoms with E-state index >= 15 is 0 Å². The Balaban J connectivity index is 1.52. The van der Waals surface area contributed by atoms with Crippen LogP contribution in [0.15, 0.2) is 62.3 Å². The predicted molar refractivity (Wildman–Crippen MR) is 117 cm³/mol. The molecule has 0 spiro atoms. The monoisotopic (exact) mass is 455 g/mol. The summed E-state index contributed by atoms with van der Waals surface area (Å²) in [5.74, 6) is 0.191. The normalized spacial score (nSPS) is 11.8. The summed E-state index contributed by atoms with van der Waals surface area (Å²) in [6.07, 6.45) is 0. The van der Waals surface area contributed by atoms with Gasteiger partial charge in [-0.3, -0.25) is 10.1 Å². The lowest BCUT2D eigenvalue weighted by Gasteiger charge is -2.07. The Morgan fingerprint density at radius 3 is 2.53 bits per heavy atom. The number of hydrogen-bond acceptors (Lipinski definition) is 8. The summed E-state index contributed by atoms with van der Waals surface area (Å²) in [4.78, 5) is 12.8. The Bertz CT molecular complexity index is 1370. The number of rotatable bonds is 7. The largest absolute Gasteiger partial charge is 0.490 e. The lowest BCUT2D eigenvalue weighted by Crippen LogP contribution is -2.13. The van der Waals surface area contributed by atoms with Crippen LogP contribution in [0.5, 0.6) is 5.75 Å². The summed E-state index contributed by atoms with van der Waals surface area (Å²) in [7, 11) is -3.38. The predicted octanol–water partition coefficient (Wildman–Crippen LogP) is 4.32. The van der Waals surface area contributed by atoms with Crippen LogP contribution in [0.3, 0.4) is 0 Å². The van der Waals surface area contributed by atoms with E-state index in [-0.39, 0.29) is 22.6 Å². The fraction of sp³-hybridized carbons (Fsp3) is 0.227. The van der Waals surface area contributed by atoms with E-state index in [1.807, 2.05) is 19.1 Å². The second kappa shape index (κ2) is 8.46. The van der Waals surface area contributed by atoms with Crippen LogP contribution in [-0.4, -0.2) is 36.4 Å². The summed E-state index contributed by atoms with van der Waals surface area (Å²) >= 11 is 0. The number of nitrogens with one attached hydrogen (secondary N) is 1. The third-order valence-electron chi connectivity index (χ3n) is 4.73. The number of anilines is 1. The van der Waals surface area contributed by atoms with E-state index in [4.69, 9.17) is 13.6 Å². The number of nitrogens with zero attached hydrogens (tertiary/aromatic N) is 2. The molecule has 10 heteroatoms. The SMILES string of the molecule is CCOc1cccc2cc(C(=O)Nc3nnc(-c4ccc(S(=O)(=O)C(C)C)cc4)o3)oc12. The van der Waals surface area contributed by atoms with E-state index in [1.54, 1.807) is 38.1 Å².